The highest BCUT2D eigenvalue weighted by Gasteiger charge is 2.37. The van der Waals surface area contributed by atoms with E-state index in [1.807, 2.05) is 6.92 Å². The van der Waals surface area contributed by atoms with Gasteiger partial charge in [0, 0.05) is 6.42 Å². The van der Waals surface area contributed by atoms with Crippen molar-refractivity contribution < 1.29 is 14.0 Å². The van der Waals surface area contributed by atoms with Crippen LogP contribution in [0.15, 0.2) is 0 Å². The average Bonchev–Trinajstić information content (AvgIpc) is 1.79. The minimum Gasteiger partial charge on any atom is -0.465 e. The smallest absolute Gasteiger partial charge is 0.308 e. The summed E-state index contributed by atoms with van der Waals surface area (Å²) in [4.78, 5) is 11.1. The van der Waals surface area contributed by atoms with Crippen molar-refractivity contribution in [1.82, 2.24) is 0 Å². The molecule has 13 heavy (non-hydrogen) atoms. The molecule has 0 aliphatic carbocycles. The molecule has 0 amide bonds. The highest BCUT2D eigenvalue weighted by molar-refractivity contribution is 6.69. The van der Waals surface area contributed by atoms with Gasteiger partial charge in [-0.15, -0.1) is 0 Å². The van der Waals surface area contributed by atoms with Gasteiger partial charge in [-0.2, -0.15) is 0 Å². The van der Waals surface area contributed by atoms with Gasteiger partial charge >= 0.3 is 5.97 Å². The Balaban J connectivity index is 2.59. The fourth-order valence-electron chi connectivity index (χ4n) is 1.65. The molecule has 0 N–H and O–H groups in total. The van der Waals surface area contributed by atoms with Crippen LogP contribution in [0.25, 0.3) is 0 Å². The monoisotopic (exact) mass is 202 g/mol. The van der Waals surface area contributed by atoms with E-state index in [0.717, 1.165) is 6.42 Å². The van der Waals surface area contributed by atoms with E-state index in [-0.39, 0.29) is 11.6 Å². The molecule has 0 aromatic heterocycles. The summed E-state index contributed by atoms with van der Waals surface area (Å²) in [6.07, 6.45) is 1.22. The summed E-state index contributed by atoms with van der Waals surface area (Å²) in [5.41, 5.74) is -0.278. The Hall–Kier alpha value is -0.353. The first-order valence-electron chi connectivity index (χ1n) is 4.67. The molecule has 3 nitrogen and oxygen atoms in total. The number of ether oxygens (including phenoxy) is 1. The predicted octanol–water partition coefficient (Wildman–Crippen LogP) is 1.93. The lowest BCUT2D eigenvalue weighted by molar-refractivity contribution is -0.156. The van der Waals surface area contributed by atoms with Crippen LogP contribution in [0.4, 0.5) is 0 Å². The Bertz CT molecular complexity index is 209. The van der Waals surface area contributed by atoms with E-state index in [1.54, 1.807) is 0 Å². The van der Waals surface area contributed by atoms with Gasteiger partial charge in [0.15, 0.2) is 8.32 Å². The normalized spacial score (nSPS) is 30.0. The van der Waals surface area contributed by atoms with Crippen molar-refractivity contribution in [2.45, 2.75) is 45.0 Å². The van der Waals surface area contributed by atoms with Crippen LogP contribution >= 0.6 is 0 Å². The second-order valence-electron chi connectivity index (χ2n) is 4.81. The molecule has 1 atom stereocenters. The molecule has 0 aromatic rings. The fourth-order valence-corrected chi connectivity index (χ4v) is 3.30. The lowest BCUT2D eigenvalue weighted by atomic mass is 9.97. The topological polar surface area (TPSA) is 35.5 Å². The number of hydrogen-bond donors (Lipinski definition) is 0. The maximum Gasteiger partial charge on any atom is 0.308 e. The molecule has 0 aromatic carbocycles. The summed E-state index contributed by atoms with van der Waals surface area (Å²) in [6.45, 7) is 8.92. The van der Waals surface area contributed by atoms with E-state index in [9.17, 15) is 4.79 Å². The van der Waals surface area contributed by atoms with Crippen molar-refractivity contribution in [1.29, 1.82) is 0 Å². The fraction of sp³-hybridized carbons (Fsp3) is 0.889. The highest BCUT2D eigenvalue weighted by atomic mass is 28.4. The highest BCUT2D eigenvalue weighted by Crippen LogP contribution is 2.28. The SMILES string of the molecule is CC1(O[Si](C)(C)C)CCOC(=O)C1. The van der Waals surface area contributed by atoms with Gasteiger partial charge in [0.2, 0.25) is 0 Å². The van der Waals surface area contributed by atoms with E-state index in [2.05, 4.69) is 19.6 Å². The Labute approximate surface area is 80.5 Å². The summed E-state index contributed by atoms with van der Waals surface area (Å²) in [6, 6.07) is 0. The maximum absolute atomic E-state index is 11.1. The third kappa shape index (κ3) is 3.48. The first kappa shape index (κ1) is 10.7. The standard InChI is InChI=1S/C9H18O3Si/c1-9(12-13(2,3)4)5-6-11-8(10)7-9/h5-7H2,1-4H3. The minimum atomic E-state index is -1.55. The average molecular weight is 202 g/mol. The van der Waals surface area contributed by atoms with Gasteiger partial charge in [-0.3, -0.25) is 4.79 Å². The summed E-state index contributed by atoms with van der Waals surface area (Å²) in [5.74, 6) is -0.132. The van der Waals surface area contributed by atoms with Crippen LogP contribution in [0.1, 0.15) is 19.8 Å². The lowest BCUT2D eigenvalue weighted by Gasteiger charge is -2.37. The van der Waals surface area contributed by atoms with E-state index in [4.69, 9.17) is 9.16 Å². The number of carbonyl (C=O) groups is 1. The summed E-state index contributed by atoms with van der Waals surface area (Å²) in [7, 11) is -1.55. The van der Waals surface area contributed by atoms with Crippen LogP contribution in [-0.2, 0) is 14.0 Å². The molecule has 1 aliphatic rings. The maximum atomic E-state index is 11.1. The van der Waals surface area contributed by atoms with E-state index >= 15 is 0 Å². The predicted molar refractivity (Wildman–Crippen MR) is 53.0 cm³/mol. The number of carbonyl (C=O) groups excluding carboxylic acids is 1. The number of rotatable bonds is 2. The second kappa shape index (κ2) is 3.42. The minimum absolute atomic E-state index is 0.132. The molecular weight excluding hydrogens is 184 g/mol. The Kier molecular flexibility index (Phi) is 2.82. The van der Waals surface area contributed by atoms with Crippen molar-refractivity contribution in [3.8, 4) is 0 Å². The second-order valence-corrected chi connectivity index (χ2v) is 9.24. The molecule has 0 radical (unpaired) electrons. The first-order chi connectivity index (χ1) is 5.81. The van der Waals surface area contributed by atoms with Crippen LogP contribution in [0.2, 0.25) is 19.6 Å². The van der Waals surface area contributed by atoms with Gasteiger partial charge in [0.05, 0.1) is 18.6 Å². The molecule has 1 rings (SSSR count). The van der Waals surface area contributed by atoms with Crippen molar-refractivity contribution >= 4 is 14.3 Å². The third-order valence-electron chi connectivity index (χ3n) is 1.96. The largest absolute Gasteiger partial charge is 0.465 e. The number of esters is 1. The van der Waals surface area contributed by atoms with Crippen molar-refractivity contribution in [3.63, 3.8) is 0 Å². The Morgan fingerprint density at radius 1 is 1.46 bits per heavy atom. The van der Waals surface area contributed by atoms with Crippen LogP contribution in [0.5, 0.6) is 0 Å². The van der Waals surface area contributed by atoms with Crippen LogP contribution < -0.4 is 0 Å². The molecule has 1 aliphatic heterocycles. The zero-order valence-electron chi connectivity index (χ0n) is 8.85. The Morgan fingerprint density at radius 2 is 2.08 bits per heavy atom. The van der Waals surface area contributed by atoms with Crippen LogP contribution in [-0.4, -0.2) is 26.5 Å². The molecule has 1 fully saturated rings. The molecule has 76 valence electrons. The lowest BCUT2D eigenvalue weighted by Crippen LogP contribution is -2.45. The van der Waals surface area contributed by atoms with E-state index < -0.39 is 8.32 Å². The third-order valence-corrected chi connectivity index (χ3v) is 3.07. The van der Waals surface area contributed by atoms with Crippen LogP contribution in [0, 0.1) is 0 Å². The molecule has 0 saturated carbocycles. The molecule has 4 heteroatoms. The van der Waals surface area contributed by atoms with Gasteiger partial charge in [0.1, 0.15) is 0 Å². The summed E-state index contributed by atoms with van der Waals surface area (Å²) >= 11 is 0. The van der Waals surface area contributed by atoms with Gasteiger partial charge in [-0.05, 0) is 26.6 Å². The molecule has 1 heterocycles. The molecule has 1 unspecified atom stereocenters. The molecule has 0 spiro atoms. The zero-order valence-corrected chi connectivity index (χ0v) is 9.85. The number of hydrogen-bond acceptors (Lipinski definition) is 3. The summed E-state index contributed by atoms with van der Waals surface area (Å²) in [5, 5.41) is 0. The molecular formula is C9H18O3Si. The quantitative estimate of drug-likeness (QED) is 0.507. The van der Waals surface area contributed by atoms with Crippen molar-refractivity contribution in [2.24, 2.45) is 0 Å². The van der Waals surface area contributed by atoms with Crippen molar-refractivity contribution in [2.75, 3.05) is 6.61 Å². The molecule has 0 bridgehead atoms. The van der Waals surface area contributed by atoms with E-state index in [1.165, 1.54) is 0 Å². The van der Waals surface area contributed by atoms with Gasteiger partial charge in [-0.25, -0.2) is 0 Å². The molecule has 1 saturated heterocycles. The van der Waals surface area contributed by atoms with Gasteiger partial charge in [0.25, 0.3) is 0 Å². The van der Waals surface area contributed by atoms with Crippen molar-refractivity contribution in [3.05, 3.63) is 0 Å². The van der Waals surface area contributed by atoms with Gasteiger partial charge in [-0.1, -0.05) is 0 Å². The van der Waals surface area contributed by atoms with Crippen LogP contribution in [0.3, 0.4) is 0 Å². The zero-order chi connectivity index (χ0) is 10.1. The Morgan fingerprint density at radius 3 is 2.54 bits per heavy atom. The van der Waals surface area contributed by atoms with E-state index in [0.29, 0.717) is 13.0 Å². The summed E-state index contributed by atoms with van der Waals surface area (Å²) < 4.78 is 10.9. The van der Waals surface area contributed by atoms with Gasteiger partial charge < -0.3 is 9.16 Å². The number of cyclic esters (lactones) is 1. The first-order valence-corrected chi connectivity index (χ1v) is 8.07.